The molecule has 6 nitrogen and oxygen atoms in total. The van der Waals surface area contributed by atoms with Gasteiger partial charge in [-0.25, -0.2) is 0 Å². The molecule has 1 heterocycles. The molecule has 2 N–H and O–H groups in total. The Labute approximate surface area is 188 Å². The first-order valence-corrected chi connectivity index (χ1v) is 11.2. The van der Waals surface area contributed by atoms with Gasteiger partial charge in [0.25, 0.3) is 5.91 Å². The van der Waals surface area contributed by atoms with Gasteiger partial charge >= 0.3 is 0 Å². The Morgan fingerprint density at radius 1 is 1.13 bits per heavy atom. The van der Waals surface area contributed by atoms with Crippen molar-refractivity contribution in [2.24, 2.45) is 0 Å². The van der Waals surface area contributed by atoms with Crippen molar-refractivity contribution in [2.45, 2.75) is 32.2 Å². The first-order valence-electron chi connectivity index (χ1n) is 10.7. The van der Waals surface area contributed by atoms with E-state index in [4.69, 9.17) is 16.3 Å². The van der Waals surface area contributed by atoms with E-state index in [-0.39, 0.29) is 11.8 Å². The normalized spacial score (nSPS) is 12.9. The maximum Gasteiger partial charge on any atom is 0.253 e. The summed E-state index contributed by atoms with van der Waals surface area (Å²) < 4.78 is 5.06. The summed E-state index contributed by atoms with van der Waals surface area (Å²) in [7, 11) is 1.64. The van der Waals surface area contributed by atoms with E-state index in [1.54, 1.807) is 13.2 Å². The Morgan fingerprint density at radius 3 is 2.71 bits per heavy atom. The van der Waals surface area contributed by atoms with Crippen molar-refractivity contribution in [3.8, 4) is 0 Å². The maximum absolute atomic E-state index is 13.0. The minimum absolute atomic E-state index is 0.105. The van der Waals surface area contributed by atoms with Gasteiger partial charge in [-0.2, -0.15) is 0 Å². The van der Waals surface area contributed by atoms with Crippen LogP contribution in [-0.4, -0.2) is 44.5 Å². The summed E-state index contributed by atoms with van der Waals surface area (Å²) in [5, 5.41) is 5.85. The van der Waals surface area contributed by atoms with E-state index >= 15 is 0 Å². The molecule has 1 aliphatic rings. The van der Waals surface area contributed by atoms with Gasteiger partial charge in [0.1, 0.15) is 0 Å². The lowest BCUT2D eigenvalue weighted by molar-refractivity contribution is -0.116. The zero-order valence-electron chi connectivity index (χ0n) is 18.0. The van der Waals surface area contributed by atoms with Gasteiger partial charge in [-0.3, -0.25) is 9.59 Å². The SMILES string of the molecule is COCCCNC(=O)c1cc(NC(=O)CCCCl)ccc1N1CCc2ccccc2C1. The van der Waals surface area contributed by atoms with Crippen molar-refractivity contribution < 1.29 is 14.3 Å². The molecule has 0 fully saturated rings. The van der Waals surface area contributed by atoms with Crippen LogP contribution in [0.3, 0.4) is 0 Å². The third-order valence-corrected chi connectivity index (χ3v) is 5.61. The Balaban J connectivity index is 1.81. The lowest BCUT2D eigenvalue weighted by Gasteiger charge is -2.32. The smallest absolute Gasteiger partial charge is 0.253 e. The van der Waals surface area contributed by atoms with Crippen molar-refractivity contribution in [3.63, 3.8) is 0 Å². The summed E-state index contributed by atoms with van der Waals surface area (Å²) in [5.41, 5.74) is 4.68. The monoisotopic (exact) mass is 443 g/mol. The highest BCUT2D eigenvalue weighted by Gasteiger charge is 2.22. The fraction of sp³-hybridized carbons (Fsp3) is 0.417. The molecule has 0 aromatic heterocycles. The number of fused-ring (bicyclic) bond motifs is 1. The predicted molar refractivity (Wildman–Crippen MR) is 125 cm³/mol. The fourth-order valence-corrected chi connectivity index (χ4v) is 3.87. The number of benzene rings is 2. The molecule has 166 valence electrons. The van der Waals surface area contributed by atoms with Crippen LogP contribution in [0.5, 0.6) is 0 Å². The summed E-state index contributed by atoms with van der Waals surface area (Å²) in [5.74, 6) is 0.186. The number of rotatable bonds is 10. The van der Waals surface area contributed by atoms with Gasteiger partial charge < -0.3 is 20.3 Å². The maximum atomic E-state index is 13.0. The van der Waals surface area contributed by atoms with E-state index < -0.39 is 0 Å². The number of nitrogens with one attached hydrogen (secondary N) is 2. The second kappa shape index (κ2) is 11.7. The van der Waals surface area contributed by atoms with Crippen LogP contribution in [0.1, 0.15) is 40.7 Å². The number of carbonyl (C=O) groups is 2. The quantitative estimate of drug-likeness (QED) is 0.430. The highest BCUT2D eigenvalue weighted by molar-refractivity contribution is 6.18. The summed E-state index contributed by atoms with van der Waals surface area (Å²) >= 11 is 5.68. The van der Waals surface area contributed by atoms with Crippen LogP contribution >= 0.6 is 11.6 Å². The van der Waals surface area contributed by atoms with E-state index in [2.05, 4.69) is 33.7 Å². The highest BCUT2D eigenvalue weighted by Crippen LogP contribution is 2.29. The van der Waals surface area contributed by atoms with Crippen LogP contribution in [0, 0.1) is 0 Å². The van der Waals surface area contributed by atoms with Crippen LogP contribution < -0.4 is 15.5 Å². The summed E-state index contributed by atoms with van der Waals surface area (Å²) in [6.07, 6.45) is 2.64. The molecule has 0 atom stereocenters. The molecule has 1 aliphatic heterocycles. The van der Waals surface area contributed by atoms with Crippen molar-refractivity contribution in [1.82, 2.24) is 5.32 Å². The highest BCUT2D eigenvalue weighted by atomic mass is 35.5. The van der Waals surface area contributed by atoms with Crippen molar-refractivity contribution in [1.29, 1.82) is 0 Å². The zero-order chi connectivity index (χ0) is 22.1. The van der Waals surface area contributed by atoms with E-state index in [0.29, 0.717) is 43.1 Å². The van der Waals surface area contributed by atoms with Gasteiger partial charge in [-0.05, 0) is 48.6 Å². The third-order valence-electron chi connectivity index (χ3n) is 5.34. The van der Waals surface area contributed by atoms with Crippen LogP contribution in [0.15, 0.2) is 42.5 Å². The molecule has 0 spiro atoms. The van der Waals surface area contributed by atoms with Gasteiger partial charge in [-0.15, -0.1) is 11.6 Å². The molecule has 0 unspecified atom stereocenters. The Kier molecular flexibility index (Phi) is 8.74. The average molecular weight is 444 g/mol. The van der Waals surface area contributed by atoms with Gasteiger partial charge in [0.05, 0.1) is 5.56 Å². The fourth-order valence-electron chi connectivity index (χ4n) is 3.74. The molecule has 3 rings (SSSR count). The number of alkyl halides is 1. The minimum atomic E-state index is -0.151. The molecule has 0 saturated heterocycles. The molecule has 0 saturated carbocycles. The number of hydrogen-bond acceptors (Lipinski definition) is 4. The second-order valence-electron chi connectivity index (χ2n) is 7.62. The predicted octanol–water partition coefficient (Wildman–Crippen LogP) is 3.97. The van der Waals surface area contributed by atoms with Crippen molar-refractivity contribution in [3.05, 3.63) is 59.2 Å². The summed E-state index contributed by atoms with van der Waals surface area (Å²) in [4.78, 5) is 27.4. The summed E-state index contributed by atoms with van der Waals surface area (Å²) in [6, 6.07) is 14.0. The van der Waals surface area contributed by atoms with E-state index in [9.17, 15) is 9.59 Å². The third kappa shape index (κ3) is 6.45. The Hall–Kier alpha value is -2.57. The Morgan fingerprint density at radius 2 is 1.94 bits per heavy atom. The molecular formula is C24H30ClN3O3. The van der Waals surface area contributed by atoms with Crippen LogP contribution in [0.2, 0.25) is 0 Å². The first kappa shape index (κ1) is 23.1. The van der Waals surface area contributed by atoms with Gasteiger partial charge in [-0.1, -0.05) is 24.3 Å². The van der Waals surface area contributed by atoms with Gasteiger partial charge in [0, 0.05) is 57.0 Å². The topological polar surface area (TPSA) is 70.7 Å². The summed E-state index contributed by atoms with van der Waals surface area (Å²) in [6.45, 7) is 2.71. The number of carbonyl (C=O) groups excluding carboxylic acids is 2. The van der Waals surface area contributed by atoms with Crippen LogP contribution in [-0.2, 0) is 22.5 Å². The van der Waals surface area contributed by atoms with Crippen LogP contribution in [0.25, 0.3) is 0 Å². The number of anilines is 2. The molecule has 7 heteroatoms. The number of hydrogen-bond donors (Lipinski definition) is 2. The number of ether oxygens (including phenoxy) is 1. The lowest BCUT2D eigenvalue weighted by Crippen LogP contribution is -2.33. The van der Waals surface area contributed by atoms with Crippen molar-refractivity contribution in [2.75, 3.05) is 42.9 Å². The molecule has 0 bridgehead atoms. The number of nitrogens with zero attached hydrogens (tertiary/aromatic N) is 1. The molecule has 2 aromatic carbocycles. The second-order valence-corrected chi connectivity index (χ2v) is 7.99. The minimum Gasteiger partial charge on any atom is -0.385 e. The number of halogens is 1. The van der Waals surface area contributed by atoms with Crippen LogP contribution in [0.4, 0.5) is 11.4 Å². The number of amides is 2. The molecule has 31 heavy (non-hydrogen) atoms. The van der Waals surface area contributed by atoms with E-state index in [1.807, 2.05) is 18.2 Å². The molecule has 2 amide bonds. The molecule has 0 aliphatic carbocycles. The van der Waals surface area contributed by atoms with E-state index in [0.717, 1.165) is 31.6 Å². The lowest BCUT2D eigenvalue weighted by atomic mass is 9.98. The number of methoxy groups -OCH3 is 1. The van der Waals surface area contributed by atoms with E-state index in [1.165, 1.54) is 11.1 Å². The molecular weight excluding hydrogens is 414 g/mol. The standard InChI is InChI=1S/C24H30ClN3O3/c1-31-15-5-13-26-24(30)21-16-20(27-23(29)8-4-12-25)9-10-22(21)28-14-11-18-6-2-3-7-19(18)17-28/h2-3,6-7,9-10,16H,4-5,8,11-15,17H2,1H3,(H,26,30)(H,27,29). The van der Waals surface area contributed by atoms with Gasteiger partial charge in [0.2, 0.25) is 5.91 Å². The zero-order valence-corrected chi connectivity index (χ0v) is 18.7. The van der Waals surface area contributed by atoms with Gasteiger partial charge in [0.15, 0.2) is 0 Å². The molecule has 0 radical (unpaired) electrons. The average Bonchev–Trinajstić information content (AvgIpc) is 2.80. The first-order chi connectivity index (χ1) is 15.1. The largest absolute Gasteiger partial charge is 0.385 e. The van der Waals surface area contributed by atoms with Crippen molar-refractivity contribution >= 4 is 34.8 Å². The molecule has 2 aromatic rings. The Bertz CT molecular complexity index is 903.